The summed E-state index contributed by atoms with van der Waals surface area (Å²) in [5.74, 6) is -0.120. The summed E-state index contributed by atoms with van der Waals surface area (Å²) in [7, 11) is 1.68. The molecule has 0 radical (unpaired) electrons. The Labute approximate surface area is 99.0 Å². The molecule has 0 aliphatic rings. The fraction of sp³-hybridized carbons (Fsp3) is 0.231. The SMILES string of the molecule is CN(CCC#N)C(=O)c1coc2ccccc12. The van der Waals surface area contributed by atoms with E-state index in [9.17, 15) is 4.79 Å². The maximum absolute atomic E-state index is 12.1. The van der Waals surface area contributed by atoms with E-state index in [1.165, 1.54) is 11.2 Å². The van der Waals surface area contributed by atoms with Gasteiger partial charge in [0.05, 0.1) is 18.1 Å². The minimum Gasteiger partial charge on any atom is -0.463 e. The maximum atomic E-state index is 12.1. The molecule has 0 fully saturated rings. The van der Waals surface area contributed by atoms with E-state index in [1.807, 2.05) is 30.3 Å². The number of hydrogen-bond donors (Lipinski definition) is 0. The van der Waals surface area contributed by atoms with Gasteiger partial charge in [-0.05, 0) is 6.07 Å². The summed E-state index contributed by atoms with van der Waals surface area (Å²) in [5, 5.41) is 9.30. The minimum atomic E-state index is -0.120. The number of rotatable bonds is 3. The number of furan rings is 1. The molecule has 0 aliphatic carbocycles. The van der Waals surface area contributed by atoms with Crippen molar-refractivity contribution in [2.45, 2.75) is 6.42 Å². The zero-order chi connectivity index (χ0) is 12.3. The molecule has 0 saturated heterocycles. The van der Waals surface area contributed by atoms with Crippen LogP contribution in [0.15, 0.2) is 34.9 Å². The normalized spacial score (nSPS) is 10.1. The molecule has 0 N–H and O–H groups in total. The van der Waals surface area contributed by atoms with Crippen molar-refractivity contribution < 1.29 is 9.21 Å². The number of nitrogens with zero attached hydrogens (tertiary/aromatic N) is 2. The first-order valence-corrected chi connectivity index (χ1v) is 5.32. The summed E-state index contributed by atoms with van der Waals surface area (Å²) in [4.78, 5) is 13.6. The van der Waals surface area contributed by atoms with Gasteiger partial charge in [-0.2, -0.15) is 5.26 Å². The predicted octanol–water partition coefficient (Wildman–Crippen LogP) is 2.42. The molecule has 0 saturated carbocycles. The van der Waals surface area contributed by atoms with Gasteiger partial charge in [-0.3, -0.25) is 4.79 Å². The number of amides is 1. The molecule has 0 spiro atoms. The third-order valence-corrected chi connectivity index (χ3v) is 2.62. The van der Waals surface area contributed by atoms with Crippen LogP contribution in [0.25, 0.3) is 11.0 Å². The van der Waals surface area contributed by atoms with Crippen LogP contribution in [0.5, 0.6) is 0 Å². The fourth-order valence-corrected chi connectivity index (χ4v) is 1.67. The Morgan fingerprint density at radius 2 is 2.24 bits per heavy atom. The highest BCUT2D eigenvalue weighted by Crippen LogP contribution is 2.21. The van der Waals surface area contributed by atoms with Crippen LogP contribution < -0.4 is 0 Å². The summed E-state index contributed by atoms with van der Waals surface area (Å²) in [6, 6.07) is 9.42. The molecule has 4 heteroatoms. The molecule has 0 atom stereocenters. The van der Waals surface area contributed by atoms with Crippen molar-refractivity contribution in [1.82, 2.24) is 4.90 Å². The van der Waals surface area contributed by atoms with Gasteiger partial charge < -0.3 is 9.32 Å². The lowest BCUT2D eigenvalue weighted by Gasteiger charge is -2.14. The molecular formula is C13H12N2O2. The lowest BCUT2D eigenvalue weighted by molar-refractivity contribution is 0.0799. The van der Waals surface area contributed by atoms with Crippen molar-refractivity contribution in [2.24, 2.45) is 0 Å². The van der Waals surface area contributed by atoms with Gasteiger partial charge in [0.25, 0.3) is 5.91 Å². The van der Waals surface area contributed by atoms with Crippen molar-refractivity contribution in [1.29, 1.82) is 5.26 Å². The molecule has 1 aromatic carbocycles. The van der Waals surface area contributed by atoms with E-state index in [1.54, 1.807) is 7.05 Å². The van der Waals surface area contributed by atoms with Gasteiger partial charge in [0, 0.05) is 19.0 Å². The quantitative estimate of drug-likeness (QED) is 0.810. The Kier molecular flexibility index (Phi) is 3.10. The van der Waals surface area contributed by atoms with Crippen LogP contribution in [-0.4, -0.2) is 24.4 Å². The number of hydrogen-bond acceptors (Lipinski definition) is 3. The van der Waals surface area contributed by atoms with Gasteiger partial charge in [0.2, 0.25) is 0 Å². The summed E-state index contributed by atoms with van der Waals surface area (Å²) < 4.78 is 5.31. The number of fused-ring (bicyclic) bond motifs is 1. The molecule has 1 aromatic heterocycles. The van der Waals surface area contributed by atoms with Crippen molar-refractivity contribution in [3.05, 3.63) is 36.1 Å². The molecule has 1 heterocycles. The lowest BCUT2D eigenvalue weighted by Crippen LogP contribution is -2.27. The highest BCUT2D eigenvalue weighted by Gasteiger charge is 2.16. The molecule has 0 aliphatic heterocycles. The average Bonchev–Trinajstić information content (AvgIpc) is 2.78. The fourth-order valence-electron chi connectivity index (χ4n) is 1.67. The van der Waals surface area contributed by atoms with Crippen LogP contribution in [0.1, 0.15) is 16.8 Å². The standard InChI is InChI=1S/C13H12N2O2/c1-15(8-4-7-14)13(16)11-9-17-12-6-3-2-5-10(11)12/h2-3,5-6,9H,4,8H2,1H3. The van der Waals surface area contributed by atoms with Crippen LogP contribution in [0.2, 0.25) is 0 Å². The Bertz CT molecular complexity index is 580. The lowest BCUT2D eigenvalue weighted by atomic mass is 10.1. The highest BCUT2D eigenvalue weighted by molar-refractivity contribution is 6.05. The van der Waals surface area contributed by atoms with Crippen LogP contribution in [0.4, 0.5) is 0 Å². The topological polar surface area (TPSA) is 57.2 Å². The van der Waals surface area contributed by atoms with Crippen LogP contribution in [-0.2, 0) is 0 Å². The molecule has 1 amide bonds. The largest absolute Gasteiger partial charge is 0.463 e. The van der Waals surface area contributed by atoms with E-state index >= 15 is 0 Å². The summed E-state index contributed by atoms with van der Waals surface area (Å²) >= 11 is 0. The molecule has 0 bridgehead atoms. The zero-order valence-corrected chi connectivity index (χ0v) is 9.51. The molecule has 17 heavy (non-hydrogen) atoms. The first kappa shape index (κ1) is 11.2. The summed E-state index contributed by atoms with van der Waals surface area (Å²) in [5.41, 5.74) is 1.24. The molecule has 0 unspecified atom stereocenters. The van der Waals surface area contributed by atoms with Crippen molar-refractivity contribution in [3.63, 3.8) is 0 Å². The summed E-state index contributed by atoms with van der Waals surface area (Å²) in [6.45, 7) is 0.425. The van der Waals surface area contributed by atoms with Crippen LogP contribution >= 0.6 is 0 Å². The Morgan fingerprint density at radius 3 is 3.00 bits per heavy atom. The van der Waals surface area contributed by atoms with Crippen LogP contribution in [0, 0.1) is 11.3 Å². The van der Waals surface area contributed by atoms with E-state index in [0.717, 1.165) is 5.39 Å². The van der Waals surface area contributed by atoms with E-state index in [4.69, 9.17) is 9.68 Å². The zero-order valence-electron chi connectivity index (χ0n) is 9.51. The second-order valence-corrected chi connectivity index (χ2v) is 3.78. The Hall–Kier alpha value is -2.28. The molecule has 2 rings (SSSR count). The van der Waals surface area contributed by atoms with Crippen molar-refractivity contribution in [2.75, 3.05) is 13.6 Å². The van der Waals surface area contributed by atoms with Gasteiger partial charge in [0.15, 0.2) is 0 Å². The Morgan fingerprint density at radius 1 is 1.47 bits per heavy atom. The summed E-state index contributed by atoms with van der Waals surface area (Å²) in [6.07, 6.45) is 1.80. The highest BCUT2D eigenvalue weighted by atomic mass is 16.3. The van der Waals surface area contributed by atoms with Gasteiger partial charge >= 0.3 is 0 Å². The van der Waals surface area contributed by atoms with E-state index < -0.39 is 0 Å². The number of carbonyl (C=O) groups excluding carboxylic acids is 1. The van der Waals surface area contributed by atoms with E-state index in [-0.39, 0.29) is 5.91 Å². The first-order chi connectivity index (χ1) is 8.24. The van der Waals surface area contributed by atoms with Crippen LogP contribution in [0.3, 0.4) is 0 Å². The van der Waals surface area contributed by atoms with Gasteiger partial charge in [-0.15, -0.1) is 0 Å². The molecule has 2 aromatic rings. The number of para-hydroxylation sites is 1. The third-order valence-electron chi connectivity index (χ3n) is 2.62. The first-order valence-electron chi connectivity index (χ1n) is 5.32. The minimum absolute atomic E-state index is 0.120. The number of nitriles is 1. The van der Waals surface area contributed by atoms with Crippen molar-refractivity contribution in [3.8, 4) is 6.07 Å². The molecular weight excluding hydrogens is 216 g/mol. The van der Waals surface area contributed by atoms with Gasteiger partial charge in [-0.25, -0.2) is 0 Å². The monoisotopic (exact) mass is 228 g/mol. The van der Waals surface area contributed by atoms with Gasteiger partial charge in [-0.1, -0.05) is 18.2 Å². The second kappa shape index (κ2) is 4.71. The predicted molar refractivity (Wildman–Crippen MR) is 63.4 cm³/mol. The smallest absolute Gasteiger partial charge is 0.257 e. The average molecular weight is 228 g/mol. The van der Waals surface area contributed by atoms with Gasteiger partial charge in [0.1, 0.15) is 11.8 Å². The third kappa shape index (κ3) is 2.13. The van der Waals surface area contributed by atoms with E-state index in [0.29, 0.717) is 24.1 Å². The van der Waals surface area contributed by atoms with Crippen molar-refractivity contribution >= 4 is 16.9 Å². The molecule has 86 valence electrons. The number of carbonyl (C=O) groups is 1. The van der Waals surface area contributed by atoms with E-state index in [2.05, 4.69) is 0 Å². The Balaban J connectivity index is 2.28. The number of benzene rings is 1. The molecule has 4 nitrogen and oxygen atoms in total. The second-order valence-electron chi connectivity index (χ2n) is 3.78. The maximum Gasteiger partial charge on any atom is 0.257 e.